The van der Waals surface area contributed by atoms with Crippen molar-refractivity contribution in [3.8, 4) is 0 Å². The maximum absolute atomic E-state index is 11.9. The third-order valence-corrected chi connectivity index (χ3v) is 2.69. The van der Waals surface area contributed by atoms with E-state index >= 15 is 0 Å². The van der Waals surface area contributed by atoms with Crippen LogP contribution in [0.2, 0.25) is 0 Å². The standard InChI is InChI=1S/C12H27N3O/c1-4-9-14(10-7-8-13)11-12(16)15(5-2)6-3/h4-11,13H2,1-3H3. The molecule has 0 saturated heterocycles. The summed E-state index contributed by atoms with van der Waals surface area (Å²) in [6.07, 6.45) is 2.04. The zero-order valence-electron chi connectivity index (χ0n) is 11.0. The second-order valence-electron chi connectivity index (χ2n) is 3.98. The largest absolute Gasteiger partial charge is 0.342 e. The Morgan fingerprint density at radius 3 is 2.19 bits per heavy atom. The molecule has 0 aromatic rings. The van der Waals surface area contributed by atoms with Crippen LogP contribution in [-0.4, -0.2) is 55.0 Å². The molecule has 4 nitrogen and oxygen atoms in total. The fraction of sp³-hybridized carbons (Fsp3) is 0.917. The molecule has 0 atom stereocenters. The summed E-state index contributed by atoms with van der Waals surface area (Å²) in [6, 6.07) is 0. The summed E-state index contributed by atoms with van der Waals surface area (Å²) < 4.78 is 0. The normalized spacial score (nSPS) is 10.8. The molecule has 0 rings (SSSR count). The molecule has 0 aromatic carbocycles. The Morgan fingerprint density at radius 1 is 1.12 bits per heavy atom. The van der Waals surface area contributed by atoms with Gasteiger partial charge in [-0.2, -0.15) is 0 Å². The maximum atomic E-state index is 11.9. The van der Waals surface area contributed by atoms with Gasteiger partial charge in [0.25, 0.3) is 0 Å². The van der Waals surface area contributed by atoms with Crippen LogP contribution in [0.15, 0.2) is 0 Å². The van der Waals surface area contributed by atoms with Gasteiger partial charge in [-0.1, -0.05) is 6.92 Å². The number of amides is 1. The number of carbonyl (C=O) groups is 1. The SMILES string of the molecule is CCCN(CCCN)CC(=O)N(CC)CC. The lowest BCUT2D eigenvalue weighted by molar-refractivity contribution is -0.132. The molecule has 0 bridgehead atoms. The summed E-state index contributed by atoms with van der Waals surface area (Å²) >= 11 is 0. The van der Waals surface area contributed by atoms with Crippen LogP contribution >= 0.6 is 0 Å². The molecule has 0 aliphatic rings. The molecule has 0 aliphatic carbocycles. The van der Waals surface area contributed by atoms with Gasteiger partial charge in [0.1, 0.15) is 0 Å². The predicted octanol–water partition coefficient (Wildman–Crippen LogP) is 0.916. The van der Waals surface area contributed by atoms with E-state index in [4.69, 9.17) is 5.73 Å². The summed E-state index contributed by atoms with van der Waals surface area (Å²) in [4.78, 5) is 16.0. The van der Waals surface area contributed by atoms with Crippen molar-refractivity contribution in [3.63, 3.8) is 0 Å². The first-order chi connectivity index (χ1) is 7.69. The minimum atomic E-state index is 0.232. The first-order valence-electron chi connectivity index (χ1n) is 6.39. The van der Waals surface area contributed by atoms with Gasteiger partial charge in [-0.3, -0.25) is 9.69 Å². The minimum absolute atomic E-state index is 0.232. The number of carbonyl (C=O) groups excluding carboxylic acids is 1. The summed E-state index contributed by atoms with van der Waals surface area (Å²) in [7, 11) is 0. The third-order valence-electron chi connectivity index (χ3n) is 2.69. The van der Waals surface area contributed by atoms with Crippen molar-refractivity contribution >= 4 is 5.91 Å². The van der Waals surface area contributed by atoms with Crippen LogP contribution in [0.5, 0.6) is 0 Å². The van der Waals surface area contributed by atoms with E-state index < -0.39 is 0 Å². The number of nitrogens with two attached hydrogens (primary N) is 1. The molecular formula is C12H27N3O. The van der Waals surface area contributed by atoms with Crippen LogP contribution in [0.3, 0.4) is 0 Å². The maximum Gasteiger partial charge on any atom is 0.236 e. The minimum Gasteiger partial charge on any atom is -0.342 e. The van der Waals surface area contributed by atoms with E-state index in [0.717, 1.165) is 39.0 Å². The van der Waals surface area contributed by atoms with Crippen molar-refractivity contribution in [2.45, 2.75) is 33.6 Å². The molecule has 0 fully saturated rings. The second-order valence-corrected chi connectivity index (χ2v) is 3.98. The van der Waals surface area contributed by atoms with E-state index in [1.807, 2.05) is 18.7 Å². The van der Waals surface area contributed by atoms with Gasteiger partial charge in [-0.25, -0.2) is 0 Å². The first-order valence-corrected chi connectivity index (χ1v) is 6.39. The van der Waals surface area contributed by atoms with Gasteiger partial charge < -0.3 is 10.6 Å². The van der Waals surface area contributed by atoms with Gasteiger partial charge in [-0.15, -0.1) is 0 Å². The predicted molar refractivity (Wildman–Crippen MR) is 68.3 cm³/mol. The van der Waals surface area contributed by atoms with Crippen LogP contribution in [0.1, 0.15) is 33.6 Å². The first kappa shape index (κ1) is 15.4. The number of hydrogen-bond donors (Lipinski definition) is 1. The van der Waals surface area contributed by atoms with Crippen molar-refractivity contribution in [2.75, 3.05) is 39.3 Å². The van der Waals surface area contributed by atoms with Gasteiger partial charge in [0.15, 0.2) is 0 Å². The van der Waals surface area contributed by atoms with Crippen molar-refractivity contribution in [2.24, 2.45) is 5.73 Å². The molecule has 0 aromatic heterocycles. The molecule has 16 heavy (non-hydrogen) atoms. The monoisotopic (exact) mass is 229 g/mol. The second kappa shape index (κ2) is 9.60. The van der Waals surface area contributed by atoms with Gasteiger partial charge in [0, 0.05) is 13.1 Å². The fourth-order valence-electron chi connectivity index (χ4n) is 1.77. The van der Waals surface area contributed by atoms with Crippen molar-refractivity contribution < 1.29 is 4.79 Å². The lowest BCUT2D eigenvalue weighted by atomic mass is 10.3. The molecular weight excluding hydrogens is 202 g/mol. The highest BCUT2D eigenvalue weighted by atomic mass is 16.2. The fourth-order valence-corrected chi connectivity index (χ4v) is 1.77. The third kappa shape index (κ3) is 6.08. The Bertz CT molecular complexity index is 181. The van der Waals surface area contributed by atoms with E-state index in [0.29, 0.717) is 13.1 Å². The highest BCUT2D eigenvalue weighted by Gasteiger charge is 2.13. The Balaban J connectivity index is 4.09. The lowest BCUT2D eigenvalue weighted by Crippen LogP contribution is -2.41. The smallest absolute Gasteiger partial charge is 0.236 e. The number of likely N-dealkylation sites (N-methyl/N-ethyl adjacent to an activating group) is 1. The van der Waals surface area contributed by atoms with Crippen molar-refractivity contribution in [1.29, 1.82) is 0 Å². The van der Waals surface area contributed by atoms with Gasteiger partial charge in [0.05, 0.1) is 6.54 Å². The quantitative estimate of drug-likeness (QED) is 0.639. The Labute approximate surface area is 99.8 Å². The summed E-state index contributed by atoms with van der Waals surface area (Å²) in [6.45, 7) is 10.9. The molecule has 0 unspecified atom stereocenters. The Kier molecular flexibility index (Phi) is 9.24. The van der Waals surface area contributed by atoms with Gasteiger partial charge in [-0.05, 0) is 46.3 Å². The van der Waals surface area contributed by atoms with E-state index in [1.165, 1.54) is 0 Å². The summed E-state index contributed by atoms with van der Waals surface area (Å²) in [5, 5.41) is 0. The molecule has 0 aliphatic heterocycles. The Morgan fingerprint density at radius 2 is 1.75 bits per heavy atom. The zero-order valence-corrected chi connectivity index (χ0v) is 11.0. The average Bonchev–Trinajstić information content (AvgIpc) is 2.28. The molecule has 0 heterocycles. The van der Waals surface area contributed by atoms with Crippen molar-refractivity contribution in [1.82, 2.24) is 9.80 Å². The highest BCUT2D eigenvalue weighted by molar-refractivity contribution is 5.78. The van der Waals surface area contributed by atoms with E-state index in [-0.39, 0.29) is 5.91 Å². The zero-order chi connectivity index (χ0) is 12.4. The molecule has 0 spiro atoms. The van der Waals surface area contributed by atoms with Crippen LogP contribution in [0.25, 0.3) is 0 Å². The van der Waals surface area contributed by atoms with Crippen molar-refractivity contribution in [3.05, 3.63) is 0 Å². The lowest BCUT2D eigenvalue weighted by Gasteiger charge is -2.25. The summed E-state index contributed by atoms with van der Waals surface area (Å²) in [5.41, 5.74) is 5.49. The molecule has 96 valence electrons. The molecule has 2 N–H and O–H groups in total. The average molecular weight is 229 g/mol. The van der Waals surface area contributed by atoms with E-state index in [9.17, 15) is 4.79 Å². The van der Waals surface area contributed by atoms with E-state index in [2.05, 4.69) is 11.8 Å². The van der Waals surface area contributed by atoms with Crippen LogP contribution < -0.4 is 5.73 Å². The Hall–Kier alpha value is -0.610. The topological polar surface area (TPSA) is 49.6 Å². The summed E-state index contributed by atoms with van der Waals surface area (Å²) in [5.74, 6) is 0.232. The van der Waals surface area contributed by atoms with Crippen LogP contribution in [0, 0.1) is 0 Å². The number of nitrogens with zero attached hydrogens (tertiary/aromatic N) is 2. The van der Waals surface area contributed by atoms with E-state index in [1.54, 1.807) is 0 Å². The molecule has 0 radical (unpaired) electrons. The number of hydrogen-bond acceptors (Lipinski definition) is 3. The molecule has 4 heteroatoms. The number of rotatable bonds is 9. The van der Waals surface area contributed by atoms with Crippen LogP contribution in [0.4, 0.5) is 0 Å². The highest BCUT2D eigenvalue weighted by Crippen LogP contribution is 1.97. The molecule has 1 amide bonds. The van der Waals surface area contributed by atoms with Gasteiger partial charge >= 0.3 is 0 Å². The van der Waals surface area contributed by atoms with Gasteiger partial charge in [0.2, 0.25) is 5.91 Å². The molecule has 0 saturated carbocycles. The van der Waals surface area contributed by atoms with Crippen LogP contribution in [-0.2, 0) is 4.79 Å².